The van der Waals surface area contributed by atoms with Crippen LogP contribution in [0.4, 0.5) is 5.69 Å². The molecule has 0 aliphatic heterocycles. The van der Waals surface area contributed by atoms with Crippen molar-refractivity contribution >= 4 is 23.4 Å². The van der Waals surface area contributed by atoms with Crippen LogP contribution in [-0.2, 0) is 16.0 Å². The molecule has 0 radical (unpaired) electrons. The Hall–Kier alpha value is -4.85. The number of imide groups is 1. The van der Waals surface area contributed by atoms with Gasteiger partial charge in [-0.05, 0) is 111 Å². The highest BCUT2D eigenvalue weighted by molar-refractivity contribution is 6.17. The Labute approximate surface area is 293 Å². The number of nitrogens with one attached hydrogen (secondary N) is 2. The van der Waals surface area contributed by atoms with Gasteiger partial charge < -0.3 is 21.7 Å². The largest absolute Gasteiger partial charge is 0.349 e. The number of H-pyrrole nitrogens is 1. The van der Waals surface area contributed by atoms with E-state index < -0.39 is 11.9 Å². The Kier molecular flexibility index (Phi) is 12.5. The molecule has 50 heavy (non-hydrogen) atoms. The standard InChI is InChI=1S/C37H48N10O3/c1-4-46(5-2)21-20-40-35(48)33-19-18-31(24(3)41-33)27-10-6-25(7-11-27)22-32(39)37(50)47(36(49)29-12-8-26(23-38)9-13-29)30-16-14-28(15-17-30)34-42-44-45-43-34/h6-7,10-11,14-19,26,29,32H,4-5,8-9,12-13,20-23,38-39H2,1-3H3,(H,40,48)(H,42,43,44,45)/t26?,29?,32-/m0/s1. The number of tetrazole rings is 1. The first-order chi connectivity index (χ1) is 24.2. The van der Waals surface area contributed by atoms with Crippen LogP contribution in [0, 0.1) is 18.8 Å². The summed E-state index contributed by atoms with van der Waals surface area (Å²) in [4.78, 5) is 48.7. The molecule has 13 heteroatoms. The predicted molar refractivity (Wildman–Crippen MR) is 193 cm³/mol. The molecule has 0 bridgehead atoms. The number of hydrogen-bond donors (Lipinski definition) is 4. The molecule has 1 aliphatic carbocycles. The molecule has 2 heterocycles. The molecule has 1 atom stereocenters. The minimum absolute atomic E-state index is 0.195. The Morgan fingerprint density at radius 1 is 0.940 bits per heavy atom. The number of aromatic amines is 1. The lowest BCUT2D eigenvalue weighted by Crippen LogP contribution is -2.50. The number of amides is 3. The number of anilines is 1. The van der Waals surface area contributed by atoms with Crippen molar-refractivity contribution < 1.29 is 14.4 Å². The summed E-state index contributed by atoms with van der Waals surface area (Å²) in [7, 11) is 0. The normalized spacial score (nSPS) is 16.6. The molecule has 13 nitrogen and oxygen atoms in total. The molecule has 2 aromatic heterocycles. The third-order valence-corrected chi connectivity index (χ3v) is 9.66. The zero-order valence-corrected chi connectivity index (χ0v) is 29.1. The number of nitrogens with zero attached hydrogens (tertiary/aromatic N) is 6. The third kappa shape index (κ3) is 8.84. The maximum absolute atomic E-state index is 14.0. The quantitative estimate of drug-likeness (QED) is 0.153. The van der Waals surface area contributed by atoms with E-state index in [1.54, 1.807) is 30.3 Å². The first kappa shape index (κ1) is 36.4. The zero-order valence-electron chi connectivity index (χ0n) is 29.1. The van der Waals surface area contributed by atoms with Crippen molar-refractivity contribution in [2.45, 2.75) is 58.9 Å². The van der Waals surface area contributed by atoms with E-state index >= 15 is 0 Å². The molecule has 4 aromatic rings. The SMILES string of the molecule is CCN(CC)CCNC(=O)c1ccc(-c2ccc(C[C@H](N)C(=O)N(C(=O)C3CCC(CN)CC3)c3ccc(-c4nn[nH]n4)cc3)cc2)c(C)n1. The van der Waals surface area contributed by atoms with Crippen LogP contribution in [0.25, 0.3) is 22.5 Å². The Morgan fingerprint density at radius 3 is 2.22 bits per heavy atom. The second-order valence-electron chi connectivity index (χ2n) is 12.9. The lowest BCUT2D eigenvalue weighted by atomic mass is 9.81. The molecular formula is C37H48N10O3. The number of likely N-dealkylation sites (N-methyl/N-ethyl adjacent to an activating group) is 1. The average molecular weight is 681 g/mol. The summed E-state index contributed by atoms with van der Waals surface area (Å²) in [5, 5.41) is 17.0. The number of carbonyl (C=O) groups is 3. The highest BCUT2D eigenvalue weighted by atomic mass is 16.2. The molecule has 264 valence electrons. The van der Waals surface area contributed by atoms with Gasteiger partial charge in [0.2, 0.25) is 11.7 Å². The van der Waals surface area contributed by atoms with Gasteiger partial charge >= 0.3 is 0 Å². The number of rotatable bonds is 14. The van der Waals surface area contributed by atoms with E-state index in [0.717, 1.165) is 54.9 Å². The lowest BCUT2D eigenvalue weighted by Gasteiger charge is -2.32. The number of aromatic nitrogens is 5. The Bertz CT molecular complexity index is 1720. The fourth-order valence-corrected chi connectivity index (χ4v) is 6.51. The summed E-state index contributed by atoms with van der Waals surface area (Å²) in [5.41, 5.74) is 17.4. The summed E-state index contributed by atoms with van der Waals surface area (Å²) in [5.74, 6) is -0.376. The fourth-order valence-electron chi connectivity index (χ4n) is 6.51. The van der Waals surface area contributed by atoms with Crippen molar-refractivity contribution in [1.29, 1.82) is 0 Å². The number of pyridine rings is 1. The summed E-state index contributed by atoms with van der Waals surface area (Å²) >= 11 is 0. The first-order valence-electron chi connectivity index (χ1n) is 17.5. The fraction of sp³-hybridized carbons (Fsp3) is 0.432. The second kappa shape index (κ2) is 17.2. The minimum Gasteiger partial charge on any atom is -0.349 e. The smallest absolute Gasteiger partial charge is 0.269 e. The van der Waals surface area contributed by atoms with Crippen LogP contribution < -0.4 is 21.7 Å². The van der Waals surface area contributed by atoms with E-state index in [1.807, 2.05) is 37.3 Å². The monoisotopic (exact) mass is 680 g/mol. The van der Waals surface area contributed by atoms with Gasteiger partial charge in [-0.25, -0.2) is 9.88 Å². The van der Waals surface area contributed by atoms with E-state index in [4.69, 9.17) is 11.5 Å². The van der Waals surface area contributed by atoms with Crippen molar-refractivity contribution in [3.8, 4) is 22.5 Å². The van der Waals surface area contributed by atoms with E-state index in [2.05, 4.69) is 49.7 Å². The van der Waals surface area contributed by atoms with Gasteiger partial charge in [-0.3, -0.25) is 14.4 Å². The van der Waals surface area contributed by atoms with Crippen molar-refractivity contribution in [3.05, 3.63) is 77.6 Å². The number of hydrogen-bond acceptors (Lipinski definition) is 10. The number of aryl methyl sites for hydroxylation is 1. The van der Waals surface area contributed by atoms with Crippen LogP contribution in [0.3, 0.4) is 0 Å². The molecule has 0 saturated heterocycles. The number of nitrogens with two attached hydrogens (primary N) is 2. The van der Waals surface area contributed by atoms with Crippen molar-refractivity contribution in [3.63, 3.8) is 0 Å². The molecule has 2 aromatic carbocycles. The zero-order chi connectivity index (χ0) is 35.6. The van der Waals surface area contributed by atoms with Gasteiger partial charge in [0.1, 0.15) is 5.69 Å². The second-order valence-corrected chi connectivity index (χ2v) is 12.9. The molecule has 1 saturated carbocycles. The van der Waals surface area contributed by atoms with Crippen LogP contribution in [0.5, 0.6) is 0 Å². The maximum Gasteiger partial charge on any atom is 0.269 e. The molecule has 0 spiro atoms. The molecule has 5 rings (SSSR count). The summed E-state index contributed by atoms with van der Waals surface area (Å²) in [6.45, 7) is 9.91. The van der Waals surface area contributed by atoms with Gasteiger partial charge in [0.25, 0.3) is 11.8 Å². The van der Waals surface area contributed by atoms with Crippen molar-refractivity contribution in [1.82, 2.24) is 35.8 Å². The average Bonchev–Trinajstić information content (AvgIpc) is 3.69. The van der Waals surface area contributed by atoms with Crippen molar-refractivity contribution in [2.75, 3.05) is 37.6 Å². The Morgan fingerprint density at radius 2 is 1.62 bits per heavy atom. The highest BCUT2D eigenvalue weighted by Crippen LogP contribution is 2.32. The van der Waals surface area contributed by atoms with Gasteiger partial charge in [-0.15, -0.1) is 10.2 Å². The minimum atomic E-state index is -0.954. The van der Waals surface area contributed by atoms with E-state index in [9.17, 15) is 14.4 Å². The number of benzene rings is 2. The first-order valence-corrected chi connectivity index (χ1v) is 17.5. The molecule has 1 aliphatic rings. The van der Waals surface area contributed by atoms with Gasteiger partial charge in [0, 0.05) is 35.8 Å². The van der Waals surface area contributed by atoms with Gasteiger partial charge in [-0.2, -0.15) is 5.21 Å². The topological polar surface area (TPSA) is 189 Å². The van der Waals surface area contributed by atoms with E-state index in [-0.39, 0.29) is 24.2 Å². The van der Waals surface area contributed by atoms with Crippen LogP contribution in [-0.4, -0.2) is 87.0 Å². The summed E-state index contributed by atoms with van der Waals surface area (Å²) in [6.07, 6.45) is 3.31. The maximum atomic E-state index is 14.0. The van der Waals surface area contributed by atoms with Crippen LogP contribution in [0.2, 0.25) is 0 Å². The van der Waals surface area contributed by atoms with Crippen LogP contribution in [0.15, 0.2) is 60.7 Å². The Balaban J connectivity index is 1.27. The third-order valence-electron chi connectivity index (χ3n) is 9.66. The van der Waals surface area contributed by atoms with Crippen molar-refractivity contribution in [2.24, 2.45) is 23.3 Å². The van der Waals surface area contributed by atoms with Crippen LogP contribution >= 0.6 is 0 Å². The van der Waals surface area contributed by atoms with Gasteiger partial charge in [0.05, 0.1) is 11.7 Å². The van der Waals surface area contributed by atoms with E-state index in [1.165, 1.54) is 4.90 Å². The molecule has 0 unspecified atom stereocenters. The highest BCUT2D eigenvalue weighted by Gasteiger charge is 2.35. The van der Waals surface area contributed by atoms with E-state index in [0.29, 0.717) is 54.6 Å². The number of carbonyl (C=O) groups excluding carboxylic acids is 3. The molecular weight excluding hydrogens is 632 g/mol. The van der Waals surface area contributed by atoms with Gasteiger partial charge in [0.15, 0.2) is 0 Å². The molecule has 6 N–H and O–H groups in total. The summed E-state index contributed by atoms with van der Waals surface area (Å²) in [6, 6.07) is 17.4. The van der Waals surface area contributed by atoms with Gasteiger partial charge in [-0.1, -0.05) is 44.2 Å². The molecule has 1 fully saturated rings. The lowest BCUT2D eigenvalue weighted by molar-refractivity contribution is -0.130. The summed E-state index contributed by atoms with van der Waals surface area (Å²) < 4.78 is 0. The van der Waals surface area contributed by atoms with Crippen LogP contribution in [0.1, 0.15) is 61.3 Å². The predicted octanol–water partition coefficient (Wildman–Crippen LogP) is 3.50. The molecule has 3 amide bonds.